The number of ether oxygens (including phenoxy) is 1. The predicted molar refractivity (Wildman–Crippen MR) is 108 cm³/mol. The van der Waals surface area contributed by atoms with Crippen molar-refractivity contribution >= 4 is 16.9 Å². The van der Waals surface area contributed by atoms with Gasteiger partial charge in [0.15, 0.2) is 0 Å². The number of aromatic nitrogens is 1. The zero-order chi connectivity index (χ0) is 18.5. The van der Waals surface area contributed by atoms with Gasteiger partial charge in [0.05, 0.1) is 17.6 Å². The maximum Gasteiger partial charge on any atom is 0.311 e. The van der Waals surface area contributed by atoms with Crippen LogP contribution in [-0.4, -0.2) is 11.0 Å². The van der Waals surface area contributed by atoms with E-state index in [1.165, 1.54) is 0 Å². The Morgan fingerprint density at radius 1 is 0.815 bits per heavy atom. The predicted octanol–water partition coefficient (Wildman–Crippen LogP) is 5.44. The van der Waals surface area contributed by atoms with E-state index in [0.717, 1.165) is 27.7 Å². The molecule has 0 saturated carbocycles. The summed E-state index contributed by atoms with van der Waals surface area (Å²) >= 11 is 0. The highest BCUT2D eigenvalue weighted by Crippen LogP contribution is 2.25. The first-order valence-electron chi connectivity index (χ1n) is 8.99. The van der Waals surface area contributed by atoms with Crippen molar-refractivity contribution < 1.29 is 9.53 Å². The lowest BCUT2D eigenvalue weighted by atomic mass is 10.0. The summed E-state index contributed by atoms with van der Waals surface area (Å²) in [7, 11) is 0. The minimum absolute atomic E-state index is 0.233. The van der Waals surface area contributed by atoms with Crippen LogP contribution in [0.15, 0.2) is 91.0 Å². The monoisotopic (exact) mass is 353 g/mol. The summed E-state index contributed by atoms with van der Waals surface area (Å²) in [5, 5.41) is 1.07. The Balaban J connectivity index is 1.59. The number of pyridine rings is 1. The van der Waals surface area contributed by atoms with Crippen molar-refractivity contribution in [3.8, 4) is 17.0 Å². The summed E-state index contributed by atoms with van der Waals surface area (Å²) in [4.78, 5) is 17.0. The third-order valence-corrected chi connectivity index (χ3v) is 4.44. The summed E-state index contributed by atoms with van der Waals surface area (Å²) in [5.41, 5.74) is 4.02. The van der Waals surface area contributed by atoms with Crippen molar-refractivity contribution in [3.63, 3.8) is 0 Å². The minimum atomic E-state index is -0.233. The Morgan fingerprint density at radius 2 is 1.48 bits per heavy atom. The number of para-hydroxylation sites is 2. The van der Waals surface area contributed by atoms with Crippen LogP contribution in [0.5, 0.6) is 5.75 Å². The molecular formula is C24H19NO2. The Kier molecular flexibility index (Phi) is 4.93. The molecular weight excluding hydrogens is 334 g/mol. The fourth-order valence-corrected chi connectivity index (χ4v) is 3.12. The summed E-state index contributed by atoms with van der Waals surface area (Å²) in [6, 6.07) is 29.4. The highest BCUT2D eigenvalue weighted by molar-refractivity contribution is 5.85. The third-order valence-electron chi connectivity index (χ3n) is 4.44. The maximum atomic E-state index is 12.2. The molecule has 0 aliphatic rings. The van der Waals surface area contributed by atoms with Gasteiger partial charge in [-0.15, -0.1) is 0 Å². The van der Waals surface area contributed by atoms with Crippen LogP contribution in [0.1, 0.15) is 12.0 Å². The van der Waals surface area contributed by atoms with Crippen molar-refractivity contribution in [2.24, 2.45) is 0 Å². The Hall–Kier alpha value is -3.46. The SMILES string of the molecule is O=C(CCc1cc(-c2ccccc2)nc2ccccc12)Oc1ccccc1. The van der Waals surface area contributed by atoms with E-state index in [-0.39, 0.29) is 5.97 Å². The van der Waals surface area contributed by atoms with E-state index < -0.39 is 0 Å². The van der Waals surface area contributed by atoms with Crippen LogP contribution in [-0.2, 0) is 11.2 Å². The molecule has 0 spiro atoms. The first-order chi connectivity index (χ1) is 13.3. The van der Waals surface area contributed by atoms with Gasteiger partial charge in [0, 0.05) is 10.9 Å². The molecule has 0 amide bonds. The topological polar surface area (TPSA) is 39.2 Å². The standard InChI is InChI=1S/C24H19NO2/c26-24(27-20-11-5-2-6-12-20)16-15-19-17-23(18-9-3-1-4-10-18)25-22-14-8-7-13-21(19)22/h1-14,17H,15-16H2. The second-order valence-electron chi connectivity index (χ2n) is 6.34. The fraction of sp³-hybridized carbons (Fsp3) is 0.0833. The maximum absolute atomic E-state index is 12.2. The van der Waals surface area contributed by atoms with Crippen molar-refractivity contribution in [3.05, 3.63) is 96.6 Å². The smallest absolute Gasteiger partial charge is 0.311 e. The van der Waals surface area contributed by atoms with Crippen LogP contribution in [0.3, 0.4) is 0 Å². The molecule has 0 aliphatic carbocycles. The van der Waals surface area contributed by atoms with E-state index in [9.17, 15) is 4.79 Å². The number of hydrogen-bond donors (Lipinski definition) is 0. The lowest BCUT2D eigenvalue weighted by Crippen LogP contribution is -2.09. The van der Waals surface area contributed by atoms with Crippen LogP contribution in [0.2, 0.25) is 0 Å². The second-order valence-corrected chi connectivity index (χ2v) is 6.34. The van der Waals surface area contributed by atoms with Gasteiger partial charge >= 0.3 is 5.97 Å². The summed E-state index contributed by atoms with van der Waals surface area (Å²) in [6.07, 6.45) is 0.922. The number of nitrogens with zero attached hydrogens (tertiary/aromatic N) is 1. The van der Waals surface area contributed by atoms with Gasteiger partial charge in [0.25, 0.3) is 0 Å². The number of hydrogen-bond acceptors (Lipinski definition) is 3. The van der Waals surface area contributed by atoms with Crippen molar-refractivity contribution in [1.82, 2.24) is 4.98 Å². The van der Waals surface area contributed by atoms with Crippen LogP contribution in [0.4, 0.5) is 0 Å². The summed E-state index contributed by atoms with van der Waals surface area (Å²) in [6.45, 7) is 0. The molecule has 0 fully saturated rings. The summed E-state index contributed by atoms with van der Waals surface area (Å²) < 4.78 is 5.41. The van der Waals surface area contributed by atoms with E-state index >= 15 is 0 Å². The zero-order valence-electron chi connectivity index (χ0n) is 14.8. The number of aryl methyl sites for hydroxylation is 1. The molecule has 1 heterocycles. The fourth-order valence-electron chi connectivity index (χ4n) is 3.12. The quantitative estimate of drug-likeness (QED) is 0.354. The van der Waals surface area contributed by atoms with Gasteiger partial charge in [-0.1, -0.05) is 66.7 Å². The van der Waals surface area contributed by atoms with Crippen LogP contribution in [0.25, 0.3) is 22.2 Å². The van der Waals surface area contributed by atoms with Gasteiger partial charge in [-0.05, 0) is 36.2 Å². The van der Waals surface area contributed by atoms with Gasteiger partial charge in [0.2, 0.25) is 0 Å². The van der Waals surface area contributed by atoms with Gasteiger partial charge in [-0.25, -0.2) is 4.98 Å². The molecule has 0 N–H and O–H groups in total. The zero-order valence-corrected chi connectivity index (χ0v) is 14.8. The van der Waals surface area contributed by atoms with Crippen molar-refractivity contribution in [1.29, 1.82) is 0 Å². The molecule has 27 heavy (non-hydrogen) atoms. The van der Waals surface area contributed by atoms with Crippen molar-refractivity contribution in [2.75, 3.05) is 0 Å². The van der Waals surface area contributed by atoms with Crippen LogP contribution < -0.4 is 4.74 Å². The van der Waals surface area contributed by atoms with E-state index in [0.29, 0.717) is 18.6 Å². The van der Waals surface area contributed by atoms with Crippen LogP contribution >= 0.6 is 0 Å². The van der Waals surface area contributed by atoms with Crippen LogP contribution in [0, 0.1) is 0 Å². The number of esters is 1. The normalized spacial score (nSPS) is 10.7. The molecule has 0 aliphatic heterocycles. The lowest BCUT2D eigenvalue weighted by molar-refractivity contribution is -0.134. The molecule has 0 bridgehead atoms. The minimum Gasteiger partial charge on any atom is -0.427 e. The molecule has 3 aromatic carbocycles. The highest BCUT2D eigenvalue weighted by atomic mass is 16.5. The van der Waals surface area contributed by atoms with Gasteiger partial charge in [0.1, 0.15) is 5.75 Å². The lowest BCUT2D eigenvalue weighted by Gasteiger charge is -2.10. The summed E-state index contributed by atoms with van der Waals surface area (Å²) in [5.74, 6) is 0.343. The molecule has 0 saturated heterocycles. The molecule has 4 aromatic rings. The van der Waals surface area contributed by atoms with E-state index in [4.69, 9.17) is 9.72 Å². The highest BCUT2D eigenvalue weighted by Gasteiger charge is 2.11. The molecule has 3 heteroatoms. The molecule has 4 rings (SSSR count). The van der Waals surface area contributed by atoms with E-state index in [1.807, 2.05) is 66.7 Å². The van der Waals surface area contributed by atoms with E-state index in [2.05, 4.69) is 12.1 Å². The van der Waals surface area contributed by atoms with Gasteiger partial charge < -0.3 is 4.74 Å². The van der Waals surface area contributed by atoms with E-state index in [1.54, 1.807) is 12.1 Å². The second kappa shape index (κ2) is 7.83. The molecule has 132 valence electrons. The molecule has 0 unspecified atom stereocenters. The first kappa shape index (κ1) is 17.0. The Bertz CT molecular complexity index is 1060. The average Bonchev–Trinajstić information content (AvgIpc) is 2.73. The number of rotatable bonds is 5. The first-order valence-corrected chi connectivity index (χ1v) is 8.99. The molecule has 1 aromatic heterocycles. The largest absolute Gasteiger partial charge is 0.427 e. The molecule has 0 atom stereocenters. The number of carbonyl (C=O) groups excluding carboxylic acids is 1. The van der Waals surface area contributed by atoms with Gasteiger partial charge in [-0.2, -0.15) is 0 Å². The van der Waals surface area contributed by atoms with Crippen molar-refractivity contribution in [2.45, 2.75) is 12.8 Å². The molecule has 0 radical (unpaired) electrons. The Labute approximate surface area is 158 Å². The average molecular weight is 353 g/mol. The molecule has 3 nitrogen and oxygen atoms in total. The number of benzene rings is 3. The Morgan fingerprint density at radius 3 is 2.26 bits per heavy atom. The third kappa shape index (κ3) is 4.04. The number of carbonyl (C=O) groups is 1. The number of fused-ring (bicyclic) bond motifs is 1. The van der Waals surface area contributed by atoms with Gasteiger partial charge in [-0.3, -0.25) is 4.79 Å².